The molecule has 3 N–H and O–H groups in total. The van der Waals surface area contributed by atoms with Crippen molar-refractivity contribution in [3.05, 3.63) is 29.6 Å². The first kappa shape index (κ1) is 9.39. The first-order chi connectivity index (χ1) is 7.09. The summed E-state index contributed by atoms with van der Waals surface area (Å²) in [5.74, 6) is -0.243. The number of carboxylic acid groups (broad SMARTS) is 1. The second-order valence-electron chi connectivity index (χ2n) is 3.16. The molecular formula is C10H9N3O2. The maximum Gasteiger partial charge on any atom is 0.337 e. The highest BCUT2D eigenvalue weighted by Crippen LogP contribution is 2.20. The lowest BCUT2D eigenvalue weighted by molar-refractivity contribution is 0.0699. The van der Waals surface area contributed by atoms with E-state index in [0.29, 0.717) is 22.5 Å². The van der Waals surface area contributed by atoms with Crippen molar-refractivity contribution in [2.24, 2.45) is 0 Å². The fourth-order valence-electron chi connectivity index (χ4n) is 1.46. The molecule has 0 atom stereocenters. The molecule has 76 valence electrons. The Bertz CT molecular complexity index is 552. The van der Waals surface area contributed by atoms with Crippen LogP contribution < -0.4 is 5.73 Å². The number of nitrogens with two attached hydrogens (primary N) is 1. The number of fused-ring (bicyclic) bond motifs is 1. The Morgan fingerprint density at radius 3 is 2.80 bits per heavy atom. The number of hydrogen-bond acceptors (Lipinski definition) is 4. The summed E-state index contributed by atoms with van der Waals surface area (Å²) >= 11 is 0. The van der Waals surface area contributed by atoms with E-state index in [1.165, 1.54) is 6.07 Å². The van der Waals surface area contributed by atoms with Gasteiger partial charge >= 0.3 is 5.97 Å². The number of nitrogens with zero attached hydrogens (tertiary/aromatic N) is 2. The third kappa shape index (κ3) is 1.48. The maximum atomic E-state index is 10.9. The molecule has 0 saturated heterocycles. The highest BCUT2D eigenvalue weighted by molar-refractivity contribution is 6.04. The number of aryl methyl sites for hydroxylation is 1. The molecule has 0 unspecified atom stereocenters. The lowest BCUT2D eigenvalue weighted by Crippen LogP contribution is -2.03. The summed E-state index contributed by atoms with van der Waals surface area (Å²) in [4.78, 5) is 19.0. The Balaban J connectivity index is 2.91. The van der Waals surface area contributed by atoms with E-state index >= 15 is 0 Å². The van der Waals surface area contributed by atoms with E-state index in [4.69, 9.17) is 10.8 Å². The quantitative estimate of drug-likeness (QED) is 0.727. The lowest BCUT2D eigenvalue weighted by Gasteiger charge is -2.04. The Labute approximate surface area is 85.6 Å². The number of para-hydroxylation sites is 1. The number of anilines is 1. The number of hydrogen-bond donors (Lipinski definition) is 2. The number of aromatic carboxylic acids is 1. The number of rotatable bonds is 1. The van der Waals surface area contributed by atoms with Crippen LogP contribution in [0, 0.1) is 6.92 Å². The van der Waals surface area contributed by atoms with Gasteiger partial charge in [0, 0.05) is 5.39 Å². The Morgan fingerprint density at radius 1 is 1.40 bits per heavy atom. The predicted molar refractivity (Wildman–Crippen MR) is 55.6 cm³/mol. The molecule has 0 spiro atoms. The van der Waals surface area contributed by atoms with Gasteiger partial charge in [0.1, 0.15) is 11.6 Å². The van der Waals surface area contributed by atoms with Gasteiger partial charge in [-0.05, 0) is 19.1 Å². The zero-order chi connectivity index (χ0) is 11.0. The van der Waals surface area contributed by atoms with E-state index < -0.39 is 5.97 Å². The van der Waals surface area contributed by atoms with Gasteiger partial charge in [0.2, 0.25) is 0 Å². The predicted octanol–water partition coefficient (Wildman–Crippen LogP) is 1.22. The van der Waals surface area contributed by atoms with Crippen molar-refractivity contribution in [3.63, 3.8) is 0 Å². The molecule has 0 saturated carbocycles. The second kappa shape index (κ2) is 3.20. The van der Waals surface area contributed by atoms with Crippen LogP contribution in [-0.2, 0) is 0 Å². The van der Waals surface area contributed by atoms with Gasteiger partial charge in [-0.25, -0.2) is 14.8 Å². The van der Waals surface area contributed by atoms with Crippen LogP contribution in [0.4, 0.5) is 5.82 Å². The molecule has 0 amide bonds. The van der Waals surface area contributed by atoms with Crippen molar-refractivity contribution >= 4 is 22.7 Å². The van der Waals surface area contributed by atoms with Gasteiger partial charge in [-0.3, -0.25) is 0 Å². The van der Waals surface area contributed by atoms with Gasteiger partial charge < -0.3 is 10.8 Å². The molecule has 0 fully saturated rings. The van der Waals surface area contributed by atoms with Crippen molar-refractivity contribution in [1.29, 1.82) is 0 Å². The first-order valence-electron chi connectivity index (χ1n) is 4.35. The molecule has 0 radical (unpaired) electrons. The molecule has 2 rings (SSSR count). The van der Waals surface area contributed by atoms with Crippen LogP contribution >= 0.6 is 0 Å². The summed E-state index contributed by atoms with van der Waals surface area (Å²) in [6.07, 6.45) is 0. The zero-order valence-electron chi connectivity index (χ0n) is 8.06. The van der Waals surface area contributed by atoms with Crippen LogP contribution in [0.3, 0.4) is 0 Å². The highest BCUT2D eigenvalue weighted by atomic mass is 16.4. The van der Waals surface area contributed by atoms with Gasteiger partial charge in [-0.1, -0.05) is 6.07 Å². The van der Waals surface area contributed by atoms with Gasteiger partial charge in [0.15, 0.2) is 0 Å². The maximum absolute atomic E-state index is 10.9. The van der Waals surface area contributed by atoms with E-state index in [0.717, 1.165) is 0 Å². The summed E-state index contributed by atoms with van der Waals surface area (Å²) in [6.45, 7) is 1.68. The molecular weight excluding hydrogens is 194 g/mol. The lowest BCUT2D eigenvalue weighted by atomic mass is 10.1. The van der Waals surface area contributed by atoms with Crippen molar-refractivity contribution < 1.29 is 9.90 Å². The minimum atomic E-state index is -1.02. The number of carboxylic acids is 1. The van der Waals surface area contributed by atoms with E-state index in [1.54, 1.807) is 19.1 Å². The van der Waals surface area contributed by atoms with Crippen LogP contribution in [0.25, 0.3) is 10.9 Å². The largest absolute Gasteiger partial charge is 0.478 e. The van der Waals surface area contributed by atoms with Crippen molar-refractivity contribution in [3.8, 4) is 0 Å². The molecule has 1 aromatic heterocycles. The summed E-state index contributed by atoms with van der Waals surface area (Å²) in [5.41, 5.74) is 6.21. The molecule has 2 aromatic rings. The average molecular weight is 203 g/mol. The molecule has 0 bridgehead atoms. The van der Waals surface area contributed by atoms with E-state index in [-0.39, 0.29) is 5.56 Å². The van der Waals surface area contributed by atoms with Gasteiger partial charge in [-0.2, -0.15) is 0 Å². The molecule has 0 aliphatic carbocycles. The fourth-order valence-corrected chi connectivity index (χ4v) is 1.46. The fraction of sp³-hybridized carbons (Fsp3) is 0.100. The standard InChI is InChI=1S/C10H9N3O2/c1-5-12-8-6(9(11)13-5)3-2-4-7(8)10(14)15/h2-4H,1H3,(H,14,15)(H2,11,12,13). The molecule has 1 heterocycles. The highest BCUT2D eigenvalue weighted by Gasteiger charge is 2.11. The second-order valence-corrected chi connectivity index (χ2v) is 3.16. The van der Waals surface area contributed by atoms with Crippen LogP contribution in [-0.4, -0.2) is 21.0 Å². The van der Waals surface area contributed by atoms with E-state index in [2.05, 4.69) is 9.97 Å². The van der Waals surface area contributed by atoms with Gasteiger partial charge in [-0.15, -0.1) is 0 Å². The third-order valence-electron chi connectivity index (χ3n) is 2.10. The monoisotopic (exact) mass is 203 g/mol. The van der Waals surface area contributed by atoms with Crippen molar-refractivity contribution in [2.75, 3.05) is 5.73 Å². The van der Waals surface area contributed by atoms with Crippen LogP contribution in [0.2, 0.25) is 0 Å². The number of benzene rings is 1. The van der Waals surface area contributed by atoms with Crippen LogP contribution in [0.5, 0.6) is 0 Å². The molecule has 15 heavy (non-hydrogen) atoms. The third-order valence-corrected chi connectivity index (χ3v) is 2.10. The molecule has 0 aliphatic rings. The van der Waals surface area contributed by atoms with Crippen LogP contribution in [0.15, 0.2) is 18.2 Å². The van der Waals surface area contributed by atoms with Crippen LogP contribution in [0.1, 0.15) is 16.2 Å². The Hall–Kier alpha value is -2.17. The zero-order valence-corrected chi connectivity index (χ0v) is 8.06. The van der Waals surface area contributed by atoms with E-state index in [1.807, 2.05) is 0 Å². The van der Waals surface area contributed by atoms with E-state index in [9.17, 15) is 4.79 Å². The average Bonchev–Trinajstić information content (AvgIpc) is 2.16. The Morgan fingerprint density at radius 2 is 2.13 bits per heavy atom. The van der Waals surface area contributed by atoms with Gasteiger partial charge in [0.25, 0.3) is 0 Å². The molecule has 1 aromatic carbocycles. The SMILES string of the molecule is Cc1nc(N)c2cccc(C(=O)O)c2n1. The van der Waals surface area contributed by atoms with Crippen molar-refractivity contribution in [2.45, 2.75) is 6.92 Å². The Kier molecular flexibility index (Phi) is 2.00. The summed E-state index contributed by atoms with van der Waals surface area (Å²) < 4.78 is 0. The normalized spacial score (nSPS) is 10.5. The summed E-state index contributed by atoms with van der Waals surface area (Å²) in [5, 5.41) is 9.53. The first-order valence-corrected chi connectivity index (χ1v) is 4.35. The number of carbonyl (C=O) groups is 1. The van der Waals surface area contributed by atoms with Crippen molar-refractivity contribution in [1.82, 2.24) is 9.97 Å². The van der Waals surface area contributed by atoms with Gasteiger partial charge in [0.05, 0.1) is 11.1 Å². The number of nitrogen functional groups attached to an aromatic ring is 1. The minimum Gasteiger partial charge on any atom is -0.478 e. The minimum absolute atomic E-state index is 0.143. The molecule has 0 aliphatic heterocycles. The summed E-state index contributed by atoms with van der Waals surface area (Å²) in [7, 11) is 0. The topological polar surface area (TPSA) is 89.1 Å². The summed E-state index contributed by atoms with van der Waals surface area (Å²) in [6, 6.07) is 4.83. The molecule has 5 nitrogen and oxygen atoms in total. The number of aromatic nitrogens is 2. The molecule has 5 heteroatoms. The smallest absolute Gasteiger partial charge is 0.337 e.